The molecule has 14 heavy (non-hydrogen) atoms. The Morgan fingerprint density at radius 1 is 1.43 bits per heavy atom. The molecule has 1 aromatic heterocycles. The second kappa shape index (κ2) is 3.32. The first-order valence-corrected chi connectivity index (χ1v) is 6.54. The van der Waals surface area contributed by atoms with Crippen LogP contribution in [-0.4, -0.2) is 0 Å². The van der Waals surface area contributed by atoms with Crippen molar-refractivity contribution in [2.75, 3.05) is 0 Å². The van der Waals surface area contributed by atoms with Crippen LogP contribution >= 0.6 is 39.2 Å². The van der Waals surface area contributed by atoms with E-state index in [4.69, 9.17) is 0 Å². The molecule has 0 aromatic carbocycles. The Morgan fingerprint density at radius 2 is 2.36 bits per heavy atom. The van der Waals surface area contributed by atoms with Gasteiger partial charge in [-0.1, -0.05) is 15.9 Å². The fraction of sp³-hybridized carbons (Fsp3) is 0.111. The zero-order valence-electron chi connectivity index (χ0n) is 7.03. The zero-order valence-corrected chi connectivity index (χ0v) is 10.2. The maximum absolute atomic E-state index is 4.17. The first-order chi connectivity index (χ1) is 6.84. The number of rotatable bonds is 0. The van der Waals surface area contributed by atoms with Crippen LogP contribution in [0, 0.1) is 0 Å². The van der Waals surface area contributed by atoms with Gasteiger partial charge in [0.05, 0.1) is 4.88 Å². The highest BCUT2D eigenvalue weighted by molar-refractivity contribution is 9.11. The van der Waals surface area contributed by atoms with E-state index in [0.717, 1.165) is 12.1 Å². The molecule has 1 aliphatic carbocycles. The molecule has 2 nitrogen and oxygen atoms in total. The molecule has 0 atom stereocenters. The molecule has 0 amide bonds. The van der Waals surface area contributed by atoms with Gasteiger partial charge in [0.25, 0.3) is 0 Å². The maximum atomic E-state index is 4.17. The molecule has 0 saturated heterocycles. The lowest BCUT2D eigenvalue weighted by molar-refractivity contribution is 1.34. The summed E-state index contributed by atoms with van der Waals surface area (Å²) in [5.41, 5.74) is 2.36. The standard InChI is InChI=1S/C9H5BrN2S2/c10-5-3-6-8(4-5)14-12-11-7-1-2-13-9(6)7/h1-2,4H,3H2. The number of hydrogen-bond donors (Lipinski definition) is 0. The average molecular weight is 285 g/mol. The third-order valence-electron chi connectivity index (χ3n) is 2.14. The van der Waals surface area contributed by atoms with Gasteiger partial charge in [0, 0.05) is 27.8 Å². The predicted octanol–water partition coefficient (Wildman–Crippen LogP) is 4.89. The zero-order chi connectivity index (χ0) is 9.54. The molecular formula is C9H5BrN2S2. The van der Waals surface area contributed by atoms with Crippen LogP contribution < -0.4 is 0 Å². The molecule has 0 fully saturated rings. The molecule has 0 bridgehead atoms. The van der Waals surface area contributed by atoms with Gasteiger partial charge in [0.15, 0.2) is 0 Å². The van der Waals surface area contributed by atoms with Crippen molar-refractivity contribution >= 4 is 50.5 Å². The number of fused-ring (bicyclic) bond motifs is 2. The number of thiophene rings is 1. The Kier molecular flexibility index (Phi) is 2.11. The van der Waals surface area contributed by atoms with Crippen molar-refractivity contribution in [2.24, 2.45) is 9.63 Å². The van der Waals surface area contributed by atoms with Crippen molar-refractivity contribution in [2.45, 2.75) is 6.42 Å². The average Bonchev–Trinajstić information content (AvgIpc) is 2.70. The maximum Gasteiger partial charge on any atom is 0.105 e. The van der Waals surface area contributed by atoms with Gasteiger partial charge in [0.1, 0.15) is 5.69 Å². The molecule has 0 N–H and O–H groups in total. The van der Waals surface area contributed by atoms with Gasteiger partial charge in [-0.3, -0.25) is 0 Å². The van der Waals surface area contributed by atoms with Gasteiger partial charge in [-0.25, -0.2) is 0 Å². The molecule has 2 aliphatic rings. The number of allylic oxidation sites excluding steroid dienone is 3. The minimum absolute atomic E-state index is 0.973. The molecule has 0 unspecified atom stereocenters. The Morgan fingerprint density at radius 3 is 3.29 bits per heavy atom. The van der Waals surface area contributed by atoms with Crippen LogP contribution in [0.25, 0.3) is 5.57 Å². The van der Waals surface area contributed by atoms with E-state index >= 15 is 0 Å². The monoisotopic (exact) mass is 284 g/mol. The highest BCUT2D eigenvalue weighted by Gasteiger charge is 2.22. The summed E-state index contributed by atoms with van der Waals surface area (Å²) in [6, 6.07) is 2.02. The smallest absolute Gasteiger partial charge is 0.105 e. The van der Waals surface area contributed by atoms with E-state index in [9.17, 15) is 0 Å². The molecule has 1 aliphatic heterocycles. The van der Waals surface area contributed by atoms with Gasteiger partial charge in [-0.2, -0.15) is 0 Å². The molecule has 0 spiro atoms. The highest BCUT2D eigenvalue weighted by atomic mass is 79.9. The van der Waals surface area contributed by atoms with Crippen molar-refractivity contribution in [1.29, 1.82) is 0 Å². The SMILES string of the molecule is BrC1=CC2=C(C1)c1sccc1N=NS2. The van der Waals surface area contributed by atoms with E-state index in [0.29, 0.717) is 0 Å². The number of nitrogens with zero attached hydrogens (tertiary/aromatic N) is 2. The van der Waals surface area contributed by atoms with Crippen LogP contribution in [-0.2, 0) is 0 Å². The third-order valence-corrected chi connectivity index (χ3v) is 4.33. The van der Waals surface area contributed by atoms with Crippen molar-refractivity contribution in [3.8, 4) is 0 Å². The van der Waals surface area contributed by atoms with Crippen LogP contribution in [0.15, 0.2) is 36.5 Å². The van der Waals surface area contributed by atoms with Crippen LogP contribution in [0.1, 0.15) is 11.3 Å². The first kappa shape index (κ1) is 8.88. The van der Waals surface area contributed by atoms with Crippen molar-refractivity contribution < 1.29 is 0 Å². The molecule has 1 aromatic rings. The Labute approximate surface area is 98.1 Å². The van der Waals surface area contributed by atoms with Gasteiger partial charge >= 0.3 is 0 Å². The lowest BCUT2D eigenvalue weighted by Gasteiger charge is -1.99. The second-order valence-electron chi connectivity index (χ2n) is 3.02. The van der Waals surface area contributed by atoms with Gasteiger partial charge < -0.3 is 0 Å². The summed E-state index contributed by atoms with van der Waals surface area (Å²) in [5.74, 6) is 0. The summed E-state index contributed by atoms with van der Waals surface area (Å²) in [6.07, 6.45) is 3.11. The van der Waals surface area contributed by atoms with E-state index in [1.807, 2.05) is 6.07 Å². The Hall–Kier alpha value is -0.390. The van der Waals surface area contributed by atoms with Crippen LogP contribution in [0.3, 0.4) is 0 Å². The summed E-state index contributed by atoms with van der Waals surface area (Å²) in [7, 11) is 0. The molecule has 2 heterocycles. The largest absolute Gasteiger partial charge is 0.142 e. The van der Waals surface area contributed by atoms with E-state index in [2.05, 4.69) is 37.0 Å². The molecule has 0 saturated carbocycles. The number of hydrogen-bond acceptors (Lipinski definition) is 4. The summed E-state index contributed by atoms with van der Waals surface area (Å²) >= 11 is 6.73. The van der Waals surface area contributed by atoms with Gasteiger partial charge in [-0.05, 0) is 23.1 Å². The topological polar surface area (TPSA) is 24.7 Å². The summed E-state index contributed by atoms with van der Waals surface area (Å²) in [5, 5.41) is 6.23. The summed E-state index contributed by atoms with van der Waals surface area (Å²) < 4.78 is 5.31. The lowest BCUT2D eigenvalue weighted by atomic mass is 10.2. The van der Waals surface area contributed by atoms with Crippen molar-refractivity contribution in [1.82, 2.24) is 0 Å². The Balaban J connectivity index is 2.18. The first-order valence-electron chi connectivity index (χ1n) is 4.10. The van der Waals surface area contributed by atoms with E-state index in [1.54, 1.807) is 11.3 Å². The minimum Gasteiger partial charge on any atom is -0.142 e. The molecule has 70 valence electrons. The summed E-state index contributed by atoms with van der Waals surface area (Å²) in [6.45, 7) is 0. The molecule has 3 rings (SSSR count). The predicted molar refractivity (Wildman–Crippen MR) is 65.0 cm³/mol. The summed E-state index contributed by atoms with van der Waals surface area (Å²) in [4.78, 5) is 2.49. The van der Waals surface area contributed by atoms with Gasteiger partial charge in [0.2, 0.25) is 0 Å². The lowest BCUT2D eigenvalue weighted by Crippen LogP contribution is -1.76. The van der Waals surface area contributed by atoms with Crippen molar-refractivity contribution in [3.63, 3.8) is 0 Å². The minimum atomic E-state index is 0.973. The van der Waals surface area contributed by atoms with Crippen LogP contribution in [0.4, 0.5) is 5.69 Å². The molecule has 0 radical (unpaired) electrons. The quantitative estimate of drug-likeness (QED) is 0.623. The highest BCUT2D eigenvalue weighted by Crippen LogP contribution is 2.48. The molecule has 5 heteroatoms. The fourth-order valence-electron chi connectivity index (χ4n) is 1.53. The van der Waals surface area contributed by atoms with E-state index < -0.39 is 0 Å². The Bertz CT molecular complexity index is 485. The van der Waals surface area contributed by atoms with Crippen LogP contribution in [0.2, 0.25) is 0 Å². The number of halogens is 1. The van der Waals surface area contributed by atoms with Gasteiger partial charge in [-0.15, -0.1) is 21.0 Å². The third kappa shape index (κ3) is 1.31. The van der Waals surface area contributed by atoms with E-state index in [1.165, 1.54) is 31.8 Å². The van der Waals surface area contributed by atoms with E-state index in [-0.39, 0.29) is 0 Å². The molecular weight excluding hydrogens is 280 g/mol. The second-order valence-corrected chi connectivity index (χ2v) is 5.74. The fourth-order valence-corrected chi connectivity index (χ4v) is 3.83. The van der Waals surface area contributed by atoms with Crippen molar-refractivity contribution in [3.05, 3.63) is 31.8 Å². The van der Waals surface area contributed by atoms with Crippen LogP contribution in [0.5, 0.6) is 0 Å². The normalized spacial score (nSPS) is 19.1.